The van der Waals surface area contributed by atoms with E-state index < -0.39 is 0 Å². The van der Waals surface area contributed by atoms with Gasteiger partial charge in [0.2, 0.25) is 0 Å². The Balaban J connectivity index is 2.86. The summed E-state index contributed by atoms with van der Waals surface area (Å²) in [4.78, 5) is 0. The molecule has 0 N–H and O–H groups in total. The van der Waals surface area contributed by atoms with E-state index in [1.165, 1.54) is 5.57 Å². The van der Waals surface area contributed by atoms with Crippen molar-refractivity contribution in [2.24, 2.45) is 11.3 Å². The van der Waals surface area contributed by atoms with Crippen molar-refractivity contribution in [2.45, 2.75) is 27.7 Å². The molecule has 0 fully saturated rings. The van der Waals surface area contributed by atoms with E-state index in [2.05, 4.69) is 58.1 Å². The molecule has 0 atom stereocenters. The second-order valence-electron chi connectivity index (χ2n) is 4.34. The van der Waals surface area contributed by atoms with Gasteiger partial charge in [0.1, 0.15) is 0 Å². The van der Waals surface area contributed by atoms with Gasteiger partial charge in [-0.05, 0) is 11.5 Å². The molecule has 0 bridgehead atoms. The first kappa shape index (κ1) is 9.31. The molecule has 1 rings (SSSR count). The van der Waals surface area contributed by atoms with Gasteiger partial charge in [0.25, 0.3) is 0 Å². The molecule has 12 heavy (non-hydrogen) atoms. The summed E-state index contributed by atoms with van der Waals surface area (Å²) in [5.41, 5.74) is 1.63. The zero-order valence-corrected chi connectivity index (χ0v) is 8.46. The van der Waals surface area contributed by atoms with Crippen LogP contribution in [-0.4, -0.2) is 0 Å². The minimum atomic E-state index is 0.215. The van der Waals surface area contributed by atoms with Crippen molar-refractivity contribution >= 4 is 0 Å². The number of rotatable bonds is 1. The second kappa shape index (κ2) is 3.30. The summed E-state index contributed by atoms with van der Waals surface area (Å²) in [6, 6.07) is 0. The van der Waals surface area contributed by atoms with Crippen LogP contribution in [0.1, 0.15) is 27.7 Å². The van der Waals surface area contributed by atoms with Crippen molar-refractivity contribution in [1.29, 1.82) is 0 Å². The molecule has 0 aromatic carbocycles. The smallest absolute Gasteiger partial charge is 0.00107 e. The van der Waals surface area contributed by atoms with Crippen molar-refractivity contribution in [3.05, 3.63) is 36.0 Å². The van der Waals surface area contributed by atoms with Gasteiger partial charge in [0.15, 0.2) is 0 Å². The monoisotopic (exact) mass is 162 g/mol. The van der Waals surface area contributed by atoms with Crippen LogP contribution in [0.4, 0.5) is 0 Å². The molecule has 1 aliphatic rings. The highest BCUT2D eigenvalue weighted by Gasteiger charge is 2.11. The fourth-order valence-electron chi connectivity index (χ4n) is 1.21. The first-order valence-corrected chi connectivity index (χ1v) is 4.60. The Morgan fingerprint density at radius 2 is 1.83 bits per heavy atom. The van der Waals surface area contributed by atoms with Crippen molar-refractivity contribution in [3.8, 4) is 0 Å². The molecular weight excluding hydrogens is 144 g/mol. The third-order valence-corrected chi connectivity index (χ3v) is 2.19. The lowest BCUT2D eigenvalue weighted by Crippen LogP contribution is -2.00. The van der Waals surface area contributed by atoms with E-state index in [-0.39, 0.29) is 5.41 Å². The van der Waals surface area contributed by atoms with Crippen LogP contribution in [0.5, 0.6) is 0 Å². The van der Waals surface area contributed by atoms with Gasteiger partial charge in [0.05, 0.1) is 0 Å². The topological polar surface area (TPSA) is 0 Å². The highest BCUT2D eigenvalue weighted by Crippen LogP contribution is 2.24. The largest absolute Gasteiger partial charge is 0.0751 e. The first-order chi connectivity index (χ1) is 5.51. The Kier molecular flexibility index (Phi) is 2.56. The zero-order valence-electron chi connectivity index (χ0n) is 8.46. The Morgan fingerprint density at radius 1 is 1.17 bits per heavy atom. The summed E-state index contributed by atoms with van der Waals surface area (Å²) in [5, 5.41) is 0. The Bertz CT molecular complexity index is 237. The van der Waals surface area contributed by atoms with Gasteiger partial charge in [-0.1, -0.05) is 58.1 Å². The minimum Gasteiger partial charge on any atom is -0.0751 e. The molecule has 0 saturated heterocycles. The molecule has 0 nitrogen and oxygen atoms in total. The molecule has 1 aliphatic carbocycles. The number of hydrogen-bond donors (Lipinski definition) is 0. The maximum atomic E-state index is 2.27. The lowest BCUT2D eigenvalue weighted by atomic mass is 9.92. The Labute approximate surface area is 75.7 Å². The van der Waals surface area contributed by atoms with Crippen molar-refractivity contribution in [3.63, 3.8) is 0 Å². The minimum absolute atomic E-state index is 0.215. The lowest BCUT2D eigenvalue weighted by molar-refractivity contribution is 0.626. The van der Waals surface area contributed by atoms with Crippen LogP contribution in [0.15, 0.2) is 36.0 Å². The van der Waals surface area contributed by atoms with Gasteiger partial charge < -0.3 is 0 Å². The van der Waals surface area contributed by atoms with Crippen LogP contribution in [0.3, 0.4) is 0 Å². The van der Waals surface area contributed by atoms with Gasteiger partial charge >= 0.3 is 0 Å². The molecule has 66 valence electrons. The molecule has 0 spiro atoms. The zero-order chi connectivity index (χ0) is 9.19. The predicted molar refractivity (Wildman–Crippen MR) is 55.0 cm³/mol. The average molecular weight is 162 g/mol. The van der Waals surface area contributed by atoms with E-state index in [1.54, 1.807) is 0 Å². The fourth-order valence-corrected chi connectivity index (χ4v) is 1.21. The maximum Gasteiger partial charge on any atom is 0.00107 e. The normalized spacial score (nSPS) is 20.9. The van der Waals surface area contributed by atoms with Gasteiger partial charge in [-0.3, -0.25) is 0 Å². The van der Waals surface area contributed by atoms with Crippen molar-refractivity contribution < 1.29 is 0 Å². The van der Waals surface area contributed by atoms with E-state index in [1.807, 2.05) is 0 Å². The molecule has 0 aromatic rings. The van der Waals surface area contributed by atoms with E-state index >= 15 is 0 Å². The quantitative estimate of drug-likeness (QED) is 0.551. The van der Waals surface area contributed by atoms with E-state index in [0.717, 1.165) is 0 Å². The standard InChI is InChI=1S/C12H18/c1-10(2)11-6-5-8-12(3,4)9-7-11/h5-10H,1-4H3. The molecule has 0 unspecified atom stereocenters. The third kappa shape index (κ3) is 2.37. The molecular formula is C12H18. The third-order valence-electron chi connectivity index (χ3n) is 2.19. The summed E-state index contributed by atoms with van der Waals surface area (Å²) in [6.45, 7) is 8.89. The summed E-state index contributed by atoms with van der Waals surface area (Å²) < 4.78 is 0. The SMILES string of the molecule is CC(C)C1=CC=CC(C)(C)C=C1. The van der Waals surface area contributed by atoms with Crippen LogP contribution >= 0.6 is 0 Å². The van der Waals surface area contributed by atoms with Crippen LogP contribution < -0.4 is 0 Å². The van der Waals surface area contributed by atoms with E-state index in [9.17, 15) is 0 Å². The molecule has 0 saturated carbocycles. The summed E-state index contributed by atoms with van der Waals surface area (Å²) >= 11 is 0. The predicted octanol–water partition coefficient (Wildman–Crippen LogP) is 3.72. The Morgan fingerprint density at radius 3 is 2.42 bits per heavy atom. The molecule has 0 heteroatoms. The molecule has 0 radical (unpaired) electrons. The molecule has 0 aliphatic heterocycles. The van der Waals surface area contributed by atoms with Crippen LogP contribution in [0.25, 0.3) is 0 Å². The Hall–Kier alpha value is -0.780. The molecule has 0 heterocycles. The van der Waals surface area contributed by atoms with Gasteiger partial charge in [0, 0.05) is 5.41 Å². The fraction of sp³-hybridized carbons (Fsp3) is 0.500. The van der Waals surface area contributed by atoms with Crippen LogP contribution in [-0.2, 0) is 0 Å². The van der Waals surface area contributed by atoms with Gasteiger partial charge in [-0.25, -0.2) is 0 Å². The van der Waals surface area contributed by atoms with Crippen LogP contribution in [0, 0.1) is 11.3 Å². The van der Waals surface area contributed by atoms with Gasteiger partial charge in [-0.2, -0.15) is 0 Å². The van der Waals surface area contributed by atoms with Crippen molar-refractivity contribution in [1.82, 2.24) is 0 Å². The summed E-state index contributed by atoms with van der Waals surface area (Å²) in [7, 11) is 0. The number of hydrogen-bond acceptors (Lipinski definition) is 0. The van der Waals surface area contributed by atoms with Crippen LogP contribution in [0.2, 0.25) is 0 Å². The molecule has 0 amide bonds. The van der Waals surface area contributed by atoms with E-state index in [0.29, 0.717) is 5.92 Å². The lowest BCUT2D eigenvalue weighted by Gasteiger charge is -2.12. The van der Waals surface area contributed by atoms with Gasteiger partial charge in [-0.15, -0.1) is 0 Å². The maximum absolute atomic E-state index is 2.27. The first-order valence-electron chi connectivity index (χ1n) is 4.60. The van der Waals surface area contributed by atoms with Crippen molar-refractivity contribution in [2.75, 3.05) is 0 Å². The van der Waals surface area contributed by atoms with E-state index in [4.69, 9.17) is 0 Å². The molecule has 0 aromatic heterocycles. The summed E-state index contributed by atoms with van der Waals surface area (Å²) in [6.07, 6.45) is 11.1. The number of allylic oxidation sites excluding steroid dienone is 6. The average Bonchev–Trinajstić information content (AvgIpc) is 2.10. The summed E-state index contributed by atoms with van der Waals surface area (Å²) in [5.74, 6) is 0.625. The second-order valence-corrected chi connectivity index (χ2v) is 4.34. The highest BCUT2D eigenvalue weighted by atomic mass is 14.2. The highest BCUT2D eigenvalue weighted by molar-refractivity contribution is 5.31.